The van der Waals surface area contributed by atoms with Crippen LogP contribution in [0.3, 0.4) is 0 Å². The zero-order valence-electron chi connectivity index (χ0n) is 13.4. The molecule has 0 aromatic carbocycles. The van der Waals surface area contributed by atoms with Gasteiger partial charge in [-0.1, -0.05) is 6.92 Å². The summed E-state index contributed by atoms with van der Waals surface area (Å²) < 4.78 is 28.2. The number of nitrogens with one attached hydrogen (secondary N) is 1. The Bertz CT molecular complexity index is 565. The van der Waals surface area contributed by atoms with Crippen LogP contribution in [0.5, 0.6) is 0 Å². The smallest absolute Gasteiger partial charge is 0.216 e. The standard InChI is InChI=1S/C15H27N3O2S/c1-12(2)21(19,20)18-9-7-15(13(3)11-18)16-10-14-6-5-8-17(14)4/h5-6,8,12-13,15-16H,7,9-11H2,1-4H3/t13-,15-/m0/s1. The van der Waals surface area contributed by atoms with Crippen molar-refractivity contribution in [3.8, 4) is 0 Å². The highest BCUT2D eigenvalue weighted by molar-refractivity contribution is 7.89. The van der Waals surface area contributed by atoms with E-state index in [1.54, 1.807) is 18.2 Å². The zero-order chi connectivity index (χ0) is 15.6. The summed E-state index contributed by atoms with van der Waals surface area (Å²) in [7, 11) is -1.08. The van der Waals surface area contributed by atoms with Gasteiger partial charge < -0.3 is 9.88 Å². The first kappa shape index (κ1) is 16.5. The monoisotopic (exact) mass is 313 g/mol. The van der Waals surface area contributed by atoms with Gasteiger partial charge in [0.1, 0.15) is 0 Å². The number of sulfonamides is 1. The van der Waals surface area contributed by atoms with Crippen molar-refractivity contribution in [1.82, 2.24) is 14.2 Å². The molecule has 6 heteroatoms. The van der Waals surface area contributed by atoms with Crippen molar-refractivity contribution in [3.63, 3.8) is 0 Å². The lowest BCUT2D eigenvalue weighted by molar-refractivity contribution is 0.217. The first-order valence-electron chi connectivity index (χ1n) is 7.65. The van der Waals surface area contributed by atoms with E-state index in [-0.39, 0.29) is 5.25 Å². The molecule has 21 heavy (non-hydrogen) atoms. The lowest BCUT2D eigenvalue weighted by Gasteiger charge is -2.37. The molecule has 1 aromatic rings. The minimum Gasteiger partial charge on any atom is -0.353 e. The fourth-order valence-electron chi connectivity index (χ4n) is 2.86. The number of hydrogen-bond acceptors (Lipinski definition) is 3. The largest absolute Gasteiger partial charge is 0.353 e. The van der Waals surface area contributed by atoms with E-state index in [0.717, 1.165) is 13.0 Å². The molecule has 1 aliphatic heterocycles. The lowest BCUT2D eigenvalue weighted by atomic mass is 9.95. The van der Waals surface area contributed by atoms with E-state index < -0.39 is 10.0 Å². The molecular formula is C15H27N3O2S. The summed E-state index contributed by atoms with van der Waals surface area (Å²) in [6, 6.07) is 4.52. The van der Waals surface area contributed by atoms with Crippen LogP contribution in [0.15, 0.2) is 18.3 Å². The maximum Gasteiger partial charge on any atom is 0.216 e. The fourth-order valence-corrected chi connectivity index (χ4v) is 4.25. The maximum atomic E-state index is 12.2. The van der Waals surface area contributed by atoms with Gasteiger partial charge in [0.25, 0.3) is 0 Å². The van der Waals surface area contributed by atoms with E-state index in [1.165, 1.54) is 5.69 Å². The second kappa shape index (κ2) is 6.50. The Kier molecular flexibility index (Phi) is 5.11. The number of nitrogens with zero attached hydrogens (tertiary/aromatic N) is 2. The van der Waals surface area contributed by atoms with Crippen molar-refractivity contribution in [2.24, 2.45) is 13.0 Å². The average molecular weight is 313 g/mol. The second-order valence-corrected chi connectivity index (χ2v) is 8.80. The number of hydrogen-bond donors (Lipinski definition) is 1. The first-order valence-corrected chi connectivity index (χ1v) is 9.15. The summed E-state index contributed by atoms with van der Waals surface area (Å²) in [5.41, 5.74) is 1.25. The van der Waals surface area contributed by atoms with Gasteiger partial charge in [0.15, 0.2) is 0 Å². The molecule has 1 fully saturated rings. The number of aromatic nitrogens is 1. The predicted molar refractivity (Wildman–Crippen MR) is 85.5 cm³/mol. The molecule has 0 bridgehead atoms. The molecular weight excluding hydrogens is 286 g/mol. The Balaban J connectivity index is 1.91. The van der Waals surface area contributed by atoms with Gasteiger partial charge in [-0.2, -0.15) is 0 Å². The van der Waals surface area contributed by atoms with Gasteiger partial charge in [-0.3, -0.25) is 0 Å². The summed E-state index contributed by atoms with van der Waals surface area (Å²) >= 11 is 0. The Morgan fingerprint density at radius 1 is 1.43 bits per heavy atom. The van der Waals surface area contributed by atoms with Crippen LogP contribution >= 0.6 is 0 Å². The Morgan fingerprint density at radius 3 is 2.67 bits per heavy atom. The van der Waals surface area contributed by atoms with Crippen molar-refractivity contribution in [1.29, 1.82) is 0 Å². The van der Waals surface area contributed by atoms with Crippen LogP contribution in [0.4, 0.5) is 0 Å². The van der Waals surface area contributed by atoms with Crippen molar-refractivity contribution in [3.05, 3.63) is 24.0 Å². The third-order valence-electron chi connectivity index (χ3n) is 4.42. The van der Waals surface area contributed by atoms with Crippen LogP contribution in [0, 0.1) is 5.92 Å². The Hall–Kier alpha value is -0.850. The third kappa shape index (κ3) is 3.67. The highest BCUT2D eigenvalue weighted by Crippen LogP contribution is 2.22. The van der Waals surface area contributed by atoms with Crippen molar-refractivity contribution >= 4 is 10.0 Å². The minimum atomic E-state index is -3.12. The van der Waals surface area contributed by atoms with Crippen LogP contribution in [0.2, 0.25) is 0 Å². The van der Waals surface area contributed by atoms with Gasteiger partial charge in [0.05, 0.1) is 5.25 Å². The van der Waals surface area contributed by atoms with E-state index >= 15 is 0 Å². The van der Waals surface area contributed by atoms with E-state index in [4.69, 9.17) is 0 Å². The third-order valence-corrected chi connectivity index (χ3v) is 6.66. The summed E-state index contributed by atoms with van der Waals surface area (Å²) in [4.78, 5) is 0. The fraction of sp³-hybridized carbons (Fsp3) is 0.733. The summed E-state index contributed by atoms with van der Waals surface area (Å²) in [6.07, 6.45) is 2.91. The van der Waals surface area contributed by atoms with Crippen LogP contribution in [0.25, 0.3) is 0 Å². The van der Waals surface area contributed by atoms with Gasteiger partial charge in [-0.05, 0) is 38.3 Å². The van der Waals surface area contributed by atoms with Gasteiger partial charge in [-0.25, -0.2) is 12.7 Å². The SMILES string of the molecule is CC(C)S(=O)(=O)N1CC[C@H](NCc2cccn2C)[C@@H](C)C1. The minimum absolute atomic E-state index is 0.326. The van der Waals surface area contributed by atoms with Crippen molar-refractivity contribution < 1.29 is 8.42 Å². The molecule has 1 aromatic heterocycles. The molecule has 2 heterocycles. The molecule has 1 saturated heterocycles. The van der Waals surface area contributed by atoms with Crippen LogP contribution in [-0.4, -0.2) is 41.7 Å². The number of piperidine rings is 1. The predicted octanol–water partition coefficient (Wildman–Crippen LogP) is 1.56. The van der Waals surface area contributed by atoms with Gasteiger partial charge in [0, 0.05) is 44.6 Å². The molecule has 1 N–H and O–H groups in total. The normalized spacial score (nSPS) is 24.6. The summed E-state index contributed by atoms with van der Waals surface area (Å²) in [5.74, 6) is 0.326. The number of rotatable bonds is 5. The van der Waals surface area contributed by atoms with E-state index in [0.29, 0.717) is 25.0 Å². The summed E-state index contributed by atoms with van der Waals surface area (Å²) in [6.45, 7) is 7.70. The molecule has 120 valence electrons. The highest BCUT2D eigenvalue weighted by Gasteiger charge is 2.33. The van der Waals surface area contributed by atoms with Crippen molar-refractivity contribution in [2.45, 2.75) is 45.0 Å². The van der Waals surface area contributed by atoms with Crippen LogP contribution < -0.4 is 5.32 Å². The van der Waals surface area contributed by atoms with Crippen LogP contribution in [0.1, 0.15) is 32.9 Å². The molecule has 5 nitrogen and oxygen atoms in total. The van der Waals surface area contributed by atoms with Crippen molar-refractivity contribution in [2.75, 3.05) is 13.1 Å². The quantitative estimate of drug-likeness (QED) is 0.897. The van der Waals surface area contributed by atoms with Gasteiger partial charge in [-0.15, -0.1) is 0 Å². The number of aryl methyl sites for hydroxylation is 1. The van der Waals surface area contributed by atoms with Crippen LogP contribution in [-0.2, 0) is 23.6 Å². The molecule has 0 unspecified atom stereocenters. The molecule has 0 amide bonds. The Morgan fingerprint density at radius 2 is 2.14 bits per heavy atom. The second-order valence-electron chi connectivity index (χ2n) is 6.32. The van der Waals surface area contributed by atoms with Gasteiger partial charge in [0.2, 0.25) is 10.0 Å². The topological polar surface area (TPSA) is 54.3 Å². The lowest BCUT2D eigenvalue weighted by Crippen LogP contribution is -2.51. The average Bonchev–Trinajstić information content (AvgIpc) is 2.82. The van der Waals surface area contributed by atoms with E-state index in [1.807, 2.05) is 19.3 Å². The molecule has 0 spiro atoms. The molecule has 0 saturated carbocycles. The molecule has 0 aliphatic carbocycles. The molecule has 2 atom stereocenters. The Labute approximate surface area is 128 Å². The van der Waals surface area contributed by atoms with Gasteiger partial charge >= 0.3 is 0 Å². The first-order chi connectivity index (χ1) is 9.82. The molecule has 1 aliphatic rings. The highest BCUT2D eigenvalue weighted by atomic mass is 32.2. The zero-order valence-corrected chi connectivity index (χ0v) is 14.2. The molecule has 0 radical (unpaired) electrons. The maximum absolute atomic E-state index is 12.2. The van der Waals surface area contributed by atoms with E-state index in [9.17, 15) is 8.42 Å². The van der Waals surface area contributed by atoms with E-state index in [2.05, 4.69) is 22.9 Å². The summed E-state index contributed by atoms with van der Waals surface area (Å²) in [5, 5.41) is 3.24. The molecule has 2 rings (SSSR count).